The number of rotatable bonds is 7. The fraction of sp³-hybridized carbons (Fsp3) is 0.500. The van der Waals surface area contributed by atoms with Gasteiger partial charge in [0.05, 0.1) is 16.4 Å². The van der Waals surface area contributed by atoms with Crippen LogP contribution in [0.4, 0.5) is 11.4 Å². The molecule has 134 valence electrons. The third-order valence-electron chi connectivity index (χ3n) is 3.13. The van der Waals surface area contributed by atoms with Gasteiger partial charge < -0.3 is 9.80 Å². The van der Waals surface area contributed by atoms with E-state index in [4.69, 9.17) is 0 Å². The van der Waals surface area contributed by atoms with Crippen LogP contribution in [0.2, 0.25) is 0 Å². The van der Waals surface area contributed by atoms with E-state index in [1.54, 1.807) is 27.9 Å². The molecule has 0 atom stereocenters. The van der Waals surface area contributed by atoms with Gasteiger partial charge in [-0.15, -0.1) is 0 Å². The Morgan fingerprint density at radius 3 is 2.33 bits per heavy atom. The van der Waals surface area contributed by atoms with Crippen molar-refractivity contribution in [1.29, 1.82) is 0 Å². The molecule has 0 aliphatic rings. The minimum Gasteiger partial charge on any atom is -0.360 e. The summed E-state index contributed by atoms with van der Waals surface area (Å²) < 4.78 is 26.7. The first kappa shape index (κ1) is 19.8. The lowest BCUT2D eigenvalue weighted by atomic mass is 10.2. The number of carbonyl (C=O) groups is 1. The van der Waals surface area contributed by atoms with E-state index in [2.05, 4.69) is 4.72 Å². The van der Waals surface area contributed by atoms with Crippen LogP contribution in [0.3, 0.4) is 0 Å². The molecule has 1 rings (SSSR count). The van der Waals surface area contributed by atoms with Crippen molar-refractivity contribution < 1.29 is 18.1 Å². The minimum atomic E-state index is -3.84. The molecule has 0 radical (unpaired) electrons. The van der Waals surface area contributed by atoms with Gasteiger partial charge in [-0.25, -0.2) is 13.1 Å². The third kappa shape index (κ3) is 4.90. The largest absolute Gasteiger partial charge is 0.360 e. The summed E-state index contributed by atoms with van der Waals surface area (Å²) in [6, 6.07) is 3.27. The van der Waals surface area contributed by atoms with Crippen LogP contribution >= 0.6 is 0 Å². The van der Waals surface area contributed by atoms with Gasteiger partial charge in [-0.05, 0) is 26.0 Å². The van der Waals surface area contributed by atoms with Crippen molar-refractivity contribution in [3.63, 3.8) is 0 Å². The summed E-state index contributed by atoms with van der Waals surface area (Å²) in [4.78, 5) is 25.0. The second-order valence-electron chi connectivity index (χ2n) is 5.83. The molecule has 10 heteroatoms. The standard InChI is InChI=1S/C14H22N4O5S/c1-10(2)15-24(22,23)11-6-7-12(13(8-11)18(20)21)17(5)9-14(19)16(3)4/h6-8,10,15H,9H2,1-5H3. The molecule has 1 aromatic rings. The summed E-state index contributed by atoms with van der Waals surface area (Å²) in [5.41, 5.74) is -0.214. The molecule has 0 aliphatic carbocycles. The number of carbonyl (C=O) groups excluding carboxylic acids is 1. The number of nitro benzene ring substituents is 1. The van der Waals surface area contributed by atoms with Gasteiger partial charge in [-0.3, -0.25) is 14.9 Å². The highest BCUT2D eigenvalue weighted by Crippen LogP contribution is 2.30. The summed E-state index contributed by atoms with van der Waals surface area (Å²) >= 11 is 0. The van der Waals surface area contributed by atoms with Gasteiger partial charge in [-0.2, -0.15) is 0 Å². The normalized spacial score (nSPS) is 11.4. The van der Waals surface area contributed by atoms with Crippen molar-refractivity contribution >= 4 is 27.3 Å². The van der Waals surface area contributed by atoms with Crippen LogP contribution in [0.5, 0.6) is 0 Å². The summed E-state index contributed by atoms with van der Waals surface area (Å²) in [6.45, 7) is 3.24. The topological polar surface area (TPSA) is 113 Å². The van der Waals surface area contributed by atoms with E-state index < -0.39 is 14.9 Å². The van der Waals surface area contributed by atoms with Crippen molar-refractivity contribution in [2.45, 2.75) is 24.8 Å². The minimum absolute atomic E-state index is 0.0653. The predicted molar refractivity (Wildman–Crippen MR) is 90.5 cm³/mol. The first-order valence-corrected chi connectivity index (χ1v) is 8.66. The number of likely N-dealkylation sites (N-methyl/N-ethyl adjacent to an activating group) is 2. The van der Waals surface area contributed by atoms with Crippen molar-refractivity contribution in [3.05, 3.63) is 28.3 Å². The lowest BCUT2D eigenvalue weighted by Gasteiger charge is -2.21. The molecular formula is C14H22N4O5S. The maximum absolute atomic E-state index is 12.2. The molecule has 0 bridgehead atoms. The average Bonchev–Trinajstić information content (AvgIpc) is 2.44. The van der Waals surface area contributed by atoms with E-state index in [1.165, 1.54) is 29.0 Å². The van der Waals surface area contributed by atoms with Crippen LogP contribution in [-0.2, 0) is 14.8 Å². The summed E-state index contributed by atoms with van der Waals surface area (Å²) in [5.74, 6) is -0.232. The number of amides is 1. The SMILES string of the molecule is CC(C)NS(=O)(=O)c1ccc(N(C)CC(=O)N(C)C)c([N+](=O)[O-])c1. The molecule has 0 spiro atoms. The Bertz CT molecular complexity index is 731. The molecule has 0 aromatic heterocycles. The Morgan fingerprint density at radius 1 is 1.29 bits per heavy atom. The van der Waals surface area contributed by atoms with Gasteiger partial charge in [-0.1, -0.05) is 0 Å². The fourth-order valence-electron chi connectivity index (χ4n) is 1.95. The second-order valence-corrected chi connectivity index (χ2v) is 7.54. The molecule has 1 aromatic carbocycles. The molecule has 0 unspecified atom stereocenters. The quantitative estimate of drug-likeness (QED) is 0.570. The fourth-order valence-corrected chi connectivity index (χ4v) is 3.22. The Labute approximate surface area is 141 Å². The number of hydrogen-bond acceptors (Lipinski definition) is 6. The van der Waals surface area contributed by atoms with E-state index in [-0.39, 0.29) is 34.8 Å². The van der Waals surface area contributed by atoms with Gasteiger partial charge in [0.2, 0.25) is 15.9 Å². The van der Waals surface area contributed by atoms with Crippen molar-refractivity contribution in [2.24, 2.45) is 0 Å². The average molecular weight is 358 g/mol. The Balaban J connectivity index is 3.26. The zero-order valence-electron chi connectivity index (χ0n) is 14.3. The van der Waals surface area contributed by atoms with Gasteiger partial charge in [0.25, 0.3) is 5.69 Å². The molecule has 24 heavy (non-hydrogen) atoms. The zero-order valence-corrected chi connectivity index (χ0v) is 15.1. The number of nitrogens with zero attached hydrogens (tertiary/aromatic N) is 3. The number of nitrogens with one attached hydrogen (secondary N) is 1. The van der Waals surface area contributed by atoms with E-state index in [0.29, 0.717) is 0 Å². The first-order chi connectivity index (χ1) is 11.0. The highest BCUT2D eigenvalue weighted by atomic mass is 32.2. The van der Waals surface area contributed by atoms with E-state index in [0.717, 1.165) is 6.07 Å². The Morgan fingerprint density at radius 2 is 1.88 bits per heavy atom. The zero-order chi connectivity index (χ0) is 18.7. The van der Waals surface area contributed by atoms with E-state index >= 15 is 0 Å². The van der Waals surface area contributed by atoms with Crippen LogP contribution in [0, 0.1) is 10.1 Å². The third-order valence-corrected chi connectivity index (χ3v) is 4.78. The molecule has 0 fully saturated rings. The highest BCUT2D eigenvalue weighted by molar-refractivity contribution is 7.89. The summed E-state index contributed by atoms with van der Waals surface area (Å²) in [7, 11) is 0.852. The molecule has 9 nitrogen and oxygen atoms in total. The van der Waals surface area contributed by atoms with Crippen molar-refractivity contribution in [2.75, 3.05) is 32.6 Å². The lowest BCUT2D eigenvalue weighted by molar-refractivity contribution is -0.384. The number of sulfonamides is 1. The lowest BCUT2D eigenvalue weighted by Crippen LogP contribution is -2.34. The maximum atomic E-state index is 12.2. The van der Waals surface area contributed by atoms with Gasteiger partial charge >= 0.3 is 0 Å². The maximum Gasteiger partial charge on any atom is 0.293 e. The molecule has 0 saturated carbocycles. The monoisotopic (exact) mass is 358 g/mol. The van der Waals surface area contributed by atoms with Crippen LogP contribution in [0.25, 0.3) is 0 Å². The van der Waals surface area contributed by atoms with E-state index in [9.17, 15) is 23.3 Å². The number of nitro groups is 1. The number of anilines is 1. The van der Waals surface area contributed by atoms with Crippen molar-refractivity contribution in [1.82, 2.24) is 9.62 Å². The second kappa shape index (κ2) is 7.58. The molecule has 0 saturated heterocycles. The van der Waals surface area contributed by atoms with Crippen LogP contribution < -0.4 is 9.62 Å². The van der Waals surface area contributed by atoms with Crippen LogP contribution in [0.15, 0.2) is 23.1 Å². The predicted octanol–water partition coefficient (Wildman–Crippen LogP) is 0.806. The Kier molecular flexibility index (Phi) is 6.27. The number of benzene rings is 1. The smallest absolute Gasteiger partial charge is 0.293 e. The number of hydrogen-bond donors (Lipinski definition) is 1. The van der Waals surface area contributed by atoms with Crippen LogP contribution in [0.1, 0.15) is 13.8 Å². The van der Waals surface area contributed by atoms with E-state index in [1.807, 2.05) is 0 Å². The molecule has 0 aliphatic heterocycles. The Hall–Kier alpha value is -2.20. The van der Waals surface area contributed by atoms with Gasteiger partial charge in [0.1, 0.15) is 5.69 Å². The molecule has 0 heterocycles. The van der Waals surface area contributed by atoms with Gasteiger partial charge in [0.15, 0.2) is 0 Å². The van der Waals surface area contributed by atoms with Crippen LogP contribution in [-0.4, -0.2) is 57.9 Å². The van der Waals surface area contributed by atoms with Gasteiger partial charge in [0, 0.05) is 33.3 Å². The first-order valence-electron chi connectivity index (χ1n) is 7.17. The molecule has 1 N–H and O–H groups in total. The summed E-state index contributed by atoms with van der Waals surface area (Å²) in [5, 5.41) is 11.3. The highest BCUT2D eigenvalue weighted by Gasteiger charge is 2.24. The van der Waals surface area contributed by atoms with Crippen molar-refractivity contribution in [3.8, 4) is 0 Å². The summed E-state index contributed by atoms with van der Waals surface area (Å²) in [6.07, 6.45) is 0. The molecule has 1 amide bonds. The molecular weight excluding hydrogens is 336 g/mol.